The summed E-state index contributed by atoms with van der Waals surface area (Å²) >= 11 is 0. The summed E-state index contributed by atoms with van der Waals surface area (Å²) in [6.45, 7) is 1.81. The van der Waals surface area contributed by atoms with Gasteiger partial charge in [0.25, 0.3) is 5.91 Å². The molecule has 7 nitrogen and oxygen atoms in total. The number of aromatic amines is 1. The van der Waals surface area contributed by atoms with E-state index in [2.05, 4.69) is 20.7 Å². The van der Waals surface area contributed by atoms with Crippen LogP contribution in [0.15, 0.2) is 71.8 Å². The number of rotatable bonds is 5. The van der Waals surface area contributed by atoms with E-state index in [0.717, 1.165) is 21.9 Å². The molecule has 7 heteroatoms. The van der Waals surface area contributed by atoms with Crippen LogP contribution in [-0.4, -0.2) is 28.9 Å². The minimum atomic E-state index is -0.386. The highest BCUT2D eigenvalue weighted by molar-refractivity contribution is 6.02. The number of anilines is 1. The molecule has 0 saturated carbocycles. The number of benzene rings is 3. The number of nitrogens with one attached hydrogen (secondary N) is 2. The number of hydrogen-bond donors (Lipinski definition) is 3. The van der Waals surface area contributed by atoms with E-state index in [-0.39, 0.29) is 5.91 Å². The summed E-state index contributed by atoms with van der Waals surface area (Å²) in [5, 5.41) is 13.3. The van der Waals surface area contributed by atoms with E-state index < -0.39 is 0 Å². The van der Waals surface area contributed by atoms with Gasteiger partial charge in [0.05, 0.1) is 24.1 Å². The van der Waals surface area contributed by atoms with Gasteiger partial charge in [-0.1, -0.05) is 42.5 Å². The van der Waals surface area contributed by atoms with Crippen molar-refractivity contribution in [1.82, 2.24) is 15.6 Å². The molecule has 0 aliphatic carbocycles. The van der Waals surface area contributed by atoms with Crippen LogP contribution in [0.1, 0.15) is 23.0 Å². The molecule has 0 radical (unpaired) electrons. The number of H-pyrrole nitrogens is 1. The molecule has 1 aromatic heterocycles. The molecule has 0 spiro atoms. The summed E-state index contributed by atoms with van der Waals surface area (Å²) in [7, 11) is 1.61. The predicted molar refractivity (Wildman–Crippen MR) is 119 cm³/mol. The van der Waals surface area contributed by atoms with Crippen LogP contribution in [0.5, 0.6) is 5.75 Å². The third-order valence-corrected chi connectivity index (χ3v) is 4.84. The molecule has 0 unspecified atom stereocenters. The standard InChI is InChI=1S/C23H21N5O2/c1-14(15-7-10-17(24)11-8-15)25-28-23(29)20-13-19(26-27-20)22-18-6-4-3-5-16(18)9-12-21(22)30-2/h3-13H,24H2,1-2H3,(H,26,27)(H,28,29). The fraction of sp³-hybridized carbons (Fsp3) is 0.0870. The van der Waals surface area contributed by atoms with Gasteiger partial charge in [-0.15, -0.1) is 0 Å². The number of hydrogen-bond acceptors (Lipinski definition) is 5. The lowest BCUT2D eigenvalue weighted by molar-refractivity contribution is 0.0950. The zero-order valence-corrected chi connectivity index (χ0v) is 16.6. The van der Waals surface area contributed by atoms with Crippen LogP contribution in [-0.2, 0) is 0 Å². The summed E-state index contributed by atoms with van der Waals surface area (Å²) in [4.78, 5) is 12.6. The minimum absolute atomic E-state index is 0.300. The lowest BCUT2D eigenvalue weighted by atomic mass is 10.0. The molecule has 0 fully saturated rings. The third kappa shape index (κ3) is 3.73. The lowest BCUT2D eigenvalue weighted by Crippen LogP contribution is -2.19. The lowest BCUT2D eigenvalue weighted by Gasteiger charge is -2.09. The Morgan fingerprint density at radius 1 is 1.10 bits per heavy atom. The highest BCUT2D eigenvalue weighted by atomic mass is 16.5. The van der Waals surface area contributed by atoms with Gasteiger partial charge in [-0.3, -0.25) is 9.89 Å². The molecule has 150 valence electrons. The topological polar surface area (TPSA) is 105 Å². The van der Waals surface area contributed by atoms with Gasteiger partial charge >= 0.3 is 0 Å². The molecule has 0 aliphatic heterocycles. The summed E-state index contributed by atoms with van der Waals surface area (Å²) in [5.74, 6) is 0.298. The first-order valence-corrected chi connectivity index (χ1v) is 9.39. The van der Waals surface area contributed by atoms with E-state index in [0.29, 0.717) is 28.5 Å². The van der Waals surface area contributed by atoms with Gasteiger partial charge in [-0.05, 0) is 47.5 Å². The second kappa shape index (κ2) is 8.08. The van der Waals surface area contributed by atoms with Crippen molar-refractivity contribution in [2.75, 3.05) is 12.8 Å². The second-order valence-electron chi connectivity index (χ2n) is 6.79. The van der Waals surface area contributed by atoms with Gasteiger partial charge in [0.15, 0.2) is 0 Å². The van der Waals surface area contributed by atoms with E-state index in [1.807, 2.05) is 55.5 Å². The van der Waals surface area contributed by atoms with Gasteiger partial charge in [-0.2, -0.15) is 10.2 Å². The van der Waals surface area contributed by atoms with Crippen molar-refractivity contribution < 1.29 is 9.53 Å². The Morgan fingerprint density at radius 3 is 2.63 bits per heavy atom. The van der Waals surface area contributed by atoms with Crippen molar-refractivity contribution in [3.8, 4) is 17.0 Å². The number of amides is 1. The Bertz CT molecular complexity index is 1240. The normalized spacial score (nSPS) is 11.5. The van der Waals surface area contributed by atoms with Crippen LogP contribution in [0.4, 0.5) is 5.69 Å². The second-order valence-corrected chi connectivity index (χ2v) is 6.79. The molecule has 1 amide bonds. The number of hydrazone groups is 1. The van der Waals surface area contributed by atoms with Crippen LogP contribution in [0.2, 0.25) is 0 Å². The Kier molecular flexibility index (Phi) is 5.17. The number of nitrogens with two attached hydrogens (primary N) is 1. The molecular formula is C23H21N5O2. The number of aromatic nitrogens is 2. The molecule has 1 heterocycles. The Hall–Kier alpha value is -4.13. The zero-order valence-electron chi connectivity index (χ0n) is 16.6. The monoisotopic (exact) mass is 399 g/mol. The summed E-state index contributed by atoms with van der Waals surface area (Å²) in [6.07, 6.45) is 0. The van der Waals surface area contributed by atoms with Gasteiger partial charge in [-0.25, -0.2) is 5.43 Å². The summed E-state index contributed by atoms with van der Waals surface area (Å²) in [5.41, 5.74) is 12.2. The number of nitrogen functional groups attached to an aromatic ring is 1. The maximum absolute atomic E-state index is 12.6. The van der Waals surface area contributed by atoms with Gasteiger partial charge in [0.1, 0.15) is 11.4 Å². The highest BCUT2D eigenvalue weighted by Crippen LogP contribution is 2.36. The molecular weight excluding hydrogens is 378 g/mol. The average Bonchev–Trinajstić information content (AvgIpc) is 3.26. The molecule has 0 aliphatic rings. The Labute approximate surface area is 173 Å². The predicted octanol–water partition coefficient (Wildman–Crippen LogP) is 3.97. The van der Waals surface area contributed by atoms with Crippen molar-refractivity contribution >= 4 is 28.1 Å². The fourth-order valence-corrected chi connectivity index (χ4v) is 3.24. The van der Waals surface area contributed by atoms with Crippen LogP contribution in [0.3, 0.4) is 0 Å². The van der Waals surface area contributed by atoms with Gasteiger partial charge in [0.2, 0.25) is 0 Å². The fourth-order valence-electron chi connectivity index (χ4n) is 3.24. The summed E-state index contributed by atoms with van der Waals surface area (Å²) in [6, 6.07) is 20.8. The maximum atomic E-state index is 12.6. The first-order valence-electron chi connectivity index (χ1n) is 9.39. The molecule has 3 aromatic carbocycles. The number of carbonyl (C=O) groups is 1. The SMILES string of the molecule is COc1ccc2ccccc2c1-c1cc(C(=O)NN=C(C)c2ccc(N)cc2)[nH]n1. The van der Waals surface area contributed by atoms with E-state index in [9.17, 15) is 4.79 Å². The number of nitrogens with zero attached hydrogens (tertiary/aromatic N) is 2. The molecule has 0 saturated heterocycles. The Balaban J connectivity index is 1.60. The van der Waals surface area contributed by atoms with E-state index in [4.69, 9.17) is 10.5 Å². The Morgan fingerprint density at radius 2 is 1.87 bits per heavy atom. The number of methoxy groups -OCH3 is 1. The zero-order chi connectivity index (χ0) is 21.1. The smallest absolute Gasteiger partial charge is 0.289 e. The van der Waals surface area contributed by atoms with Crippen molar-refractivity contribution in [2.45, 2.75) is 6.92 Å². The first-order chi connectivity index (χ1) is 14.6. The molecule has 0 atom stereocenters. The summed E-state index contributed by atoms with van der Waals surface area (Å²) < 4.78 is 5.53. The van der Waals surface area contributed by atoms with Crippen molar-refractivity contribution in [3.63, 3.8) is 0 Å². The van der Waals surface area contributed by atoms with Crippen molar-refractivity contribution in [1.29, 1.82) is 0 Å². The number of ether oxygens (including phenoxy) is 1. The van der Waals surface area contributed by atoms with Crippen LogP contribution < -0.4 is 15.9 Å². The van der Waals surface area contributed by atoms with Gasteiger partial charge in [0, 0.05) is 5.69 Å². The molecule has 4 rings (SSSR count). The van der Waals surface area contributed by atoms with Gasteiger partial charge < -0.3 is 10.5 Å². The molecule has 4 aromatic rings. The van der Waals surface area contributed by atoms with E-state index in [1.54, 1.807) is 25.3 Å². The average molecular weight is 399 g/mol. The van der Waals surface area contributed by atoms with Crippen molar-refractivity contribution in [2.24, 2.45) is 5.10 Å². The minimum Gasteiger partial charge on any atom is -0.496 e. The highest BCUT2D eigenvalue weighted by Gasteiger charge is 2.16. The van der Waals surface area contributed by atoms with Crippen LogP contribution in [0.25, 0.3) is 22.0 Å². The third-order valence-electron chi connectivity index (χ3n) is 4.84. The number of fused-ring (bicyclic) bond motifs is 1. The van der Waals surface area contributed by atoms with E-state index >= 15 is 0 Å². The van der Waals surface area contributed by atoms with Crippen LogP contribution >= 0.6 is 0 Å². The molecule has 30 heavy (non-hydrogen) atoms. The molecule has 4 N–H and O–H groups in total. The van der Waals surface area contributed by atoms with E-state index in [1.165, 1.54) is 0 Å². The van der Waals surface area contributed by atoms with Crippen LogP contribution in [0, 0.1) is 0 Å². The molecule has 0 bridgehead atoms. The quantitative estimate of drug-likeness (QED) is 0.268. The number of carbonyl (C=O) groups excluding carboxylic acids is 1. The largest absolute Gasteiger partial charge is 0.496 e. The van der Waals surface area contributed by atoms with Crippen molar-refractivity contribution in [3.05, 3.63) is 78.0 Å². The maximum Gasteiger partial charge on any atom is 0.289 e. The first kappa shape index (κ1) is 19.2.